The molecule has 0 saturated heterocycles. The van der Waals surface area contributed by atoms with Crippen LogP contribution in [-0.2, 0) is 16.1 Å². The molecule has 2 aromatic rings. The molecule has 0 fully saturated rings. The molecule has 0 aliphatic carbocycles. The van der Waals surface area contributed by atoms with Crippen molar-refractivity contribution in [2.75, 3.05) is 10.6 Å². The molecule has 6 heteroatoms. The quantitative estimate of drug-likeness (QED) is 0.884. The Balaban J connectivity index is 1.91. The van der Waals surface area contributed by atoms with E-state index in [1.807, 2.05) is 25.3 Å². The molecule has 110 valence electrons. The van der Waals surface area contributed by atoms with Crippen molar-refractivity contribution in [3.8, 4) is 0 Å². The van der Waals surface area contributed by atoms with Crippen LogP contribution in [0.4, 0.5) is 11.4 Å². The van der Waals surface area contributed by atoms with Crippen molar-refractivity contribution in [1.82, 2.24) is 9.78 Å². The molecule has 1 aromatic carbocycles. The first-order valence-corrected chi connectivity index (χ1v) is 6.70. The summed E-state index contributed by atoms with van der Waals surface area (Å²) in [6, 6.07) is 7.20. The average molecular weight is 286 g/mol. The van der Waals surface area contributed by atoms with Gasteiger partial charge in [-0.3, -0.25) is 14.3 Å². The second-order valence-electron chi connectivity index (χ2n) is 4.78. The predicted octanol–water partition coefficient (Wildman–Crippen LogP) is 2.18. The molecule has 2 N–H and O–H groups in total. The fourth-order valence-electron chi connectivity index (χ4n) is 1.94. The minimum atomic E-state index is -0.117. The van der Waals surface area contributed by atoms with E-state index in [1.165, 1.54) is 6.92 Å². The van der Waals surface area contributed by atoms with Crippen molar-refractivity contribution in [3.63, 3.8) is 0 Å². The number of benzene rings is 1. The van der Waals surface area contributed by atoms with Gasteiger partial charge >= 0.3 is 0 Å². The first kappa shape index (κ1) is 14.8. The highest BCUT2D eigenvalue weighted by molar-refractivity contribution is 5.92. The van der Waals surface area contributed by atoms with E-state index in [4.69, 9.17) is 0 Å². The Bertz CT molecular complexity index is 635. The van der Waals surface area contributed by atoms with Gasteiger partial charge in [0.15, 0.2) is 0 Å². The van der Waals surface area contributed by atoms with Gasteiger partial charge in [0.05, 0.1) is 0 Å². The molecule has 0 saturated carbocycles. The van der Waals surface area contributed by atoms with Crippen LogP contribution in [0.5, 0.6) is 0 Å². The summed E-state index contributed by atoms with van der Waals surface area (Å²) in [6.07, 6.45) is 3.86. The molecule has 0 bridgehead atoms. The summed E-state index contributed by atoms with van der Waals surface area (Å²) in [6.45, 7) is 3.89. The number of aromatic nitrogens is 2. The Morgan fingerprint density at radius 2 is 2.10 bits per heavy atom. The fraction of sp³-hybridized carbons (Fsp3) is 0.267. The Morgan fingerprint density at radius 3 is 2.71 bits per heavy atom. The van der Waals surface area contributed by atoms with Crippen molar-refractivity contribution in [3.05, 3.63) is 42.2 Å². The van der Waals surface area contributed by atoms with Gasteiger partial charge in [0.2, 0.25) is 11.8 Å². The molecule has 0 aliphatic rings. The van der Waals surface area contributed by atoms with Gasteiger partial charge in [-0.05, 0) is 36.8 Å². The van der Waals surface area contributed by atoms with Gasteiger partial charge in [0.25, 0.3) is 0 Å². The summed E-state index contributed by atoms with van der Waals surface area (Å²) in [4.78, 5) is 22.9. The summed E-state index contributed by atoms with van der Waals surface area (Å²) in [5, 5.41) is 9.61. The van der Waals surface area contributed by atoms with Crippen LogP contribution in [0.25, 0.3) is 0 Å². The summed E-state index contributed by atoms with van der Waals surface area (Å²) >= 11 is 0. The summed E-state index contributed by atoms with van der Waals surface area (Å²) in [5.41, 5.74) is 2.36. The molecule has 0 radical (unpaired) electrons. The number of rotatable bonds is 5. The number of aryl methyl sites for hydroxylation is 2. The number of anilines is 2. The Morgan fingerprint density at radius 1 is 1.29 bits per heavy atom. The molecule has 6 nitrogen and oxygen atoms in total. The number of carbonyl (C=O) groups is 2. The van der Waals surface area contributed by atoms with E-state index >= 15 is 0 Å². The van der Waals surface area contributed by atoms with Gasteiger partial charge in [0, 0.05) is 43.7 Å². The standard InChI is InChI=1S/C15H18N4O2/c1-11-10-13(4-5-14(11)17-12(2)20)18-15(21)6-9-19-8-3-7-16-19/h3-5,7-8,10H,6,9H2,1-2H3,(H,17,20)(H,18,21). The highest BCUT2D eigenvalue weighted by atomic mass is 16.2. The average Bonchev–Trinajstić information content (AvgIpc) is 2.92. The first-order valence-electron chi connectivity index (χ1n) is 6.70. The van der Waals surface area contributed by atoms with E-state index in [0.29, 0.717) is 18.7 Å². The molecule has 1 aromatic heterocycles. The maximum atomic E-state index is 11.9. The van der Waals surface area contributed by atoms with E-state index < -0.39 is 0 Å². The lowest BCUT2D eigenvalue weighted by atomic mass is 10.1. The zero-order valence-electron chi connectivity index (χ0n) is 12.1. The van der Waals surface area contributed by atoms with Crippen LogP contribution in [0, 0.1) is 6.92 Å². The lowest BCUT2D eigenvalue weighted by Gasteiger charge is -2.10. The van der Waals surface area contributed by atoms with Gasteiger partial charge in [0.1, 0.15) is 0 Å². The van der Waals surface area contributed by atoms with Crippen LogP contribution in [0.2, 0.25) is 0 Å². The highest BCUT2D eigenvalue weighted by Crippen LogP contribution is 2.19. The number of amides is 2. The Hall–Kier alpha value is -2.63. The molecule has 1 heterocycles. The summed E-state index contributed by atoms with van der Waals surface area (Å²) in [5.74, 6) is -0.189. The van der Waals surface area contributed by atoms with Crippen LogP contribution in [0.1, 0.15) is 18.9 Å². The third-order valence-corrected chi connectivity index (χ3v) is 2.95. The van der Waals surface area contributed by atoms with Gasteiger partial charge in [-0.15, -0.1) is 0 Å². The van der Waals surface area contributed by atoms with Crippen LogP contribution in [-0.4, -0.2) is 21.6 Å². The van der Waals surface area contributed by atoms with E-state index in [-0.39, 0.29) is 11.8 Å². The van der Waals surface area contributed by atoms with Crippen LogP contribution in [0.15, 0.2) is 36.7 Å². The Labute approximate surface area is 123 Å². The molecule has 21 heavy (non-hydrogen) atoms. The largest absolute Gasteiger partial charge is 0.326 e. The monoisotopic (exact) mass is 286 g/mol. The van der Waals surface area contributed by atoms with Crippen molar-refractivity contribution in [1.29, 1.82) is 0 Å². The van der Waals surface area contributed by atoms with Gasteiger partial charge < -0.3 is 10.6 Å². The van der Waals surface area contributed by atoms with Crippen molar-refractivity contribution >= 4 is 23.2 Å². The minimum absolute atomic E-state index is 0.0721. The third-order valence-electron chi connectivity index (χ3n) is 2.95. The van der Waals surface area contributed by atoms with E-state index in [9.17, 15) is 9.59 Å². The van der Waals surface area contributed by atoms with Crippen molar-refractivity contribution in [2.24, 2.45) is 0 Å². The summed E-state index contributed by atoms with van der Waals surface area (Å²) in [7, 11) is 0. The van der Waals surface area contributed by atoms with E-state index in [1.54, 1.807) is 23.0 Å². The molecule has 0 spiro atoms. The second-order valence-corrected chi connectivity index (χ2v) is 4.78. The highest BCUT2D eigenvalue weighted by Gasteiger charge is 2.06. The number of carbonyl (C=O) groups excluding carboxylic acids is 2. The maximum Gasteiger partial charge on any atom is 0.226 e. The molecule has 0 atom stereocenters. The molecule has 0 aliphatic heterocycles. The predicted molar refractivity (Wildman–Crippen MR) is 81.0 cm³/mol. The maximum absolute atomic E-state index is 11.9. The molecule has 0 unspecified atom stereocenters. The number of nitrogens with zero attached hydrogens (tertiary/aromatic N) is 2. The SMILES string of the molecule is CC(=O)Nc1ccc(NC(=O)CCn2cccn2)cc1C. The first-order chi connectivity index (χ1) is 10.0. The van der Waals surface area contributed by atoms with Crippen LogP contribution >= 0.6 is 0 Å². The number of hydrogen-bond acceptors (Lipinski definition) is 3. The lowest BCUT2D eigenvalue weighted by Crippen LogP contribution is -2.15. The number of hydrogen-bond donors (Lipinski definition) is 2. The van der Waals surface area contributed by atoms with E-state index in [0.717, 1.165) is 11.3 Å². The normalized spacial score (nSPS) is 10.2. The van der Waals surface area contributed by atoms with Gasteiger partial charge in [-0.1, -0.05) is 0 Å². The van der Waals surface area contributed by atoms with Crippen LogP contribution in [0.3, 0.4) is 0 Å². The fourth-order valence-corrected chi connectivity index (χ4v) is 1.94. The third kappa shape index (κ3) is 4.45. The number of nitrogens with one attached hydrogen (secondary N) is 2. The van der Waals surface area contributed by atoms with Crippen molar-refractivity contribution in [2.45, 2.75) is 26.8 Å². The Kier molecular flexibility index (Phi) is 4.71. The van der Waals surface area contributed by atoms with Crippen LogP contribution < -0.4 is 10.6 Å². The molecule has 2 rings (SSSR count). The smallest absolute Gasteiger partial charge is 0.226 e. The summed E-state index contributed by atoms with van der Waals surface area (Å²) < 4.78 is 1.71. The minimum Gasteiger partial charge on any atom is -0.326 e. The van der Waals surface area contributed by atoms with Crippen molar-refractivity contribution < 1.29 is 9.59 Å². The van der Waals surface area contributed by atoms with E-state index in [2.05, 4.69) is 15.7 Å². The zero-order chi connectivity index (χ0) is 15.2. The van der Waals surface area contributed by atoms with Gasteiger partial charge in [-0.25, -0.2) is 0 Å². The molecular weight excluding hydrogens is 268 g/mol. The second kappa shape index (κ2) is 6.69. The molecule has 2 amide bonds. The van der Waals surface area contributed by atoms with Gasteiger partial charge in [-0.2, -0.15) is 5.10 Å². The topological polar surface area (TPSA) is 76.0 Å². The lowest BCUT2D eigenvalue weighted by molar-refractivity contribution is -0.116. The zero-order valence-corrected chi connectivity index (χ0v) is 12.1. The molecular formula is C15H18N4O2.